The van der Waals surface area contributed by atoms with Gasteiger partial charge in [-0.2, -0.15) is 0 Å². The maximum Gasteiger partial charge on any atom is 0.339 e. The Bertz CT molecular complexity index is 2180. The molecule has 274 valence electrons. The molecule has 0 bridgehead atoms. The van der Waals surface area contributed by atoms with Crippen LogP contribution < -0.4 is 9.47 Å². The second-order valence-electron chi connectivity index (χ2n) is 13.8. The van der Waals surface area contributed by atoms with Crippen LogP contribution in [0.2, 0.25) is 0 Å². The number of nitrogens with zero attached hydrogens (tertiary/aromatic N) is 2. The van der Waals surface area contributed by atoms with Gasteiger partial charge in [-0.3, -0.25) is 9.59 Å². The first kappa shape index (κ1) is 36.7. The summed E-state index contributed by atoms with van der Waals surface area (Å²) in [5.41, 5.74) is 1.55. The molecule has 0 saturated carbocycles. The molecule has 6 rings (SSSR count). The van der Waals surface area contributed by atoms with Crippen molar-refractivity contribution in [3.05, 3.63) is 119 Å². The van der Waals surface area contributed by atoms with Gasteiger partial charge in [-0.1, -0.05) is 60.7 Å². The Labute approximate surface area is 307 Å². The van der Waals surface area contributed by atoms with E-state index in [4.69, 9.17) is 23.4 Å². The summed E-state index contributed by atoms with van der Waals surface area (Å²) in [5.74, 6) is -2.35. The number of rotatable bonds is 12. The van der Waals surface area contributed by atoms with Gasteiger partial charge in [0.25, 0.3) is 5.91 Å². The monoisotopic (exact) mass is 718 g/mol. The second-order valence-corrected chi connectivity index (χ2v) is 13.8. The number of benzene rings is 4. The molecule has 53 heavy (non-hydrogen) atoms. The molecular formula is C42H42N2O9. The quantitative estimate of drug-likeness (QED) is 0.0767. The lowest BCUT2D eigenvalue weighted by atomic mass is 9.87. The summed E-state index contributed by atoms with van der Waals surface area (Å²) in [6, 6.07) is 26.2. The Kier molecular flexibility index (Phi) is 10.8. The number of esters is 2. The molecule has 0 radical (unpaired) electrons. The lowest BCUT2D eigenvalue weighted by molar-refractivity contribution is -0.153. The first-order valence-corrected chi connectivity index (χ1v) is 17.3. The lowest BCUT2D eigenvalue weighted by Gasteiger charge is -2.35. The minimum absolute atomic E-state index is 0.0601. The number of aliphatic hydroxyl groups is 1. The summed E-state index contributed by atoms with van der Waals surface area (Å²) < 4.78 is 27.5. The highest BCUT2D eigenvalue weighted by molar-refractivity contribution is 6.03. The van der Waals surface area contributed by atoms with Crippen LogP contribution in [0, 0.1) is 0 Å². The van der Waals surface area contributed by atoms with E-state index < -0.39 is 47.2 Å². The highest BCUT2D eigenvalue weighted by Crippen LogP contribution is 2.38. The van der Waals surface area contributed by atoms with Gasteiger partial charge in [-0.05, 0) is 92.4 Å². The van der Waals surface area contributed by atoms with Gasteiger partial charge in [-0.15, -0.1) is 0 Å². The number of carbonyl (C=O) groups excluding carboxylic acids is 3. The zero-order valence-electron chi connectivity index (χ0n) is 30.3. The molecule has 2 atom stereocenters. The van der Waals surface area contributed by atoms with Gasteiger partial charge >= 0.3 is 11.9 Å². The smallest absolute Gasteiger partial charge is 0.339 e. The number of fused-ring (bicyclic) bond motifs is 3. The van der Waals surface area contributed by atoms with Crippen LogP contribution in [0.3, 0.4) is 0 Å². The van der Waals surface area contributed by atoms with E-state index in [1.165, 1.54) is 4.90 Å². The zero-order valence-corrected chi connectivity index (χ0v) is 30.3. The summed E-state index contributed by atoms with van der Waals surface area (Å²) in [6.45, 7) is 6.98. The molecule has 11 nitrogen and oxygen atoms in total. The van der Waals surface area contributed by atoms with Crippen molar-refractivity contribution in [2.24, 2.45) is 0 Å². The first-order valence-electron chi connectivity index (χ1n) is 17.3. The zero-order chi connectivity index (χ0) is 37.7. The fourth-order valence-corrected chi connectivity index (χ4v) is 6.26. The van der Waals surface area contributed by atoms with Crippen LogP contribution in [-0.2, 0) is 30.4 Å². The van der Waals surface area contributed by atoms with Gasteiger partial charge in [-0.25, -0.2) is 9.78 Å². The summed E-state index contributed by atoms with van der Waals surface area (Å²) in [7, 11) is 1.16. The van der Waals surface area contributed by atoms with Gasteiger partial charge in [0, 0.05) is 18.5 Å². The van der Waals surface area contributed by atoms with E-state index in [1.54, 1.807) is 26.8 Å². The van der Waals surface area contributed by atoms with Crippen LogP contribution in [0.25, 0.3) is 27.9 Å². The van der Waals surface area contributed by atoms with E-state index in [0.29, 0.717) is 29.4 Å². The molecular weight excluding hydrogens is 676 g/mol. The number of allylic oxidation sites excluding steroid dienone is 1. The first-order chi connectivity index (χ1) is 25.4. The number of ether oxygens (including phenoxy) is 4. The van der Waals surface area contributed by atoms with Crippen LogP contribution in [0.4, 0.5) is 0 Å². The largest absolute Gasteiger partial charge is 0.503 e. The van der Waals surface area contributed by atoms with Crippen molar-refractivity contribution in [2.45, 2.75) is 64.6 Å². The summed E-state index contributed by atoms with van der Waals surface area (Å²) in [6.07, 6.45) is 3.46. The van der Waals surface area contributed by atoms with Crippen LogP contribution in [-0.4, -0.2) is 58.4 Å². The van der Waals surface area contributed by atoms with E-state index in [9.17, 15) is 19.5 Å². The van der Waals surface area contributed by atoms with E-state index in [-0.39, 0.29) is 19.3 Å². The van der Waals surface area contributed by atoms with Crippen molar-refractivity contribution in [3.8, 4) is 11.5 Å². The third kappa shape index (κ3) is 8.69. The molecule has 1 aliphatic rings. The van der Waals surface area contributed by atoms with Crippen molar-refractivity contribution >= 4 is 45.8 Å². The number of aromatic nitrogens is 1. The number of oxazole rings is 1. The van der Waals surface area contributed by atoms with Gasteiger partial charge in [0.05, 0.1) is 19.1 Å². The standard InChI is InChI=1S/C42H42N2O9/c1-26(31(30-19-20-35-36(22-30)51-25-50-35)13-10-16-37-43-33-14-8-9-15-34(33)52-37)44(24-27-17-18-28-11-6-7-12-29(28)21-27)40(47)39(46)32(23-38(45)49-5)41(48)53-42(2,3)4/h6-12,14-22,26,31,46H,13,23-25H2,1-5H3/b16-10+,39-32?/t26-,31+/m1/s1. The van der Waals surface area contributed by atoms with E-state index in [2.05, 4.69) is 4.98 Å². The summed E-state index contributed by atoms with van der Waals surface area (Å²) >= 11 is 0. The average molecular weight is 719 g/mol. The molecule has 4 aromatic carbocycles. The Hall–Kier alpha value is -6.10. The molecule has 0 fully saturated rings. The Morgan fingerprint density at radius 2 is 1.68 bits per heavy atom. The minimum Gasteiger partial charge on any atom is -0.503 e. The van der Waals surface area contributed by atoms with E-state index >= 15 is 0 Å². The molecule has 11 heteroatoms. The van der Waals surface area contributed by atoms with Crippen LogP contribution in [0.5, 0.6) is 11.5 Å². The maximum absolute atomic E-state index is 14.6. The number of amides is 1. The molecule has 0 aliphatic carbocycles. The Balaban J connectivity index is 1.42. The maximum atomic E-state index is 14.6. The van der Waals surface area contributed by atoms with Crippen molar-refractivity contribution in [1.29, 1.82) is 0 Å². The number of hydrogen-bond acceptors (Lipinski definition) is 10. The summed E-state index contributed by atoms with van der Waals surface area (Å²) in [5, 5.41) is 13.6. The molecule has 5 aromatic rings. The number of carbonyl (C=O) groups is 3. The van der Waals surface area contributed by atoms with E-state index in [1.807, 2.05) is 97.9 Å². The predicted molar refractivity (Wildman–Crippen MR) is 199 cm³/mol. The van der Waals surface area contributed by atoms with Crippen LogP contribution in [0.15, 0.2) is 107 Å². The molecule has 1 N–H and O–H groups in total. The molecule has 1 aromatic heterocycles. The van der Waals surface area contributed by atoms with Crippen molar-refractivity contribution in [2.75, 3.05) is 13.9 Å². The van der Waals surface area contributed by atoms with Crippen LogP contribution >= 0.6 is 0 Å². The minimum atomic E-state index is -0.999. The molecule has 0 saturated heterocycles. The normalized spacial score (nSPS) is 14.2. The summed E-state index contributed by atoms with van der Waals surface area (Å²) in [4.78, 5) is 46.5. The highest BCUT2D eigenvalue weighted by atomic mass is 16.7. The number of hydrogen-bond donors (Lipinski definition) is 1. The molecule has 0 spiro atoms. The van der Waals surface area contributed by atoms with Crippen molar-refractivity contribution in [3.63, 3.8) is 0 Å². The molecule has 1 aliphatic heterocycles. The number of methoxy groups -OCH3 is 1. The third-order valence-corrected chi connectivity index (χ3v) is 8.97. The number of para-hydroxylation sites is 2. The molecule has 2 heterocycles. The Morgan fingerprint density at radius 1 is 0.943 bits per heavy atom. The van der Waals surface area contributed by atoms with Gasteiger partial charge in [0.15, 0.2) is 22.8 Å². The van der Waals surface area contributed by atoms with Crippen molar-refractivity contribution in [1.82, 2.24) is 9.88 Å². The Morgan fingerprint density at radius 3 is 2.43 bits per heavy atom. The van der Waals surface area contributed by atoms with Gasteiger partial charge < -0.3 is 33.4 Å². The molecule has 0 unspecified atom stereocenters. The van der Waals surface area contributed by atoms with Gasteiger partial charge in [0.1, 0.15) is 11.1 Å². The van der Waals surface area contributed by atoms with Crippen LogP contribution in [0.1, 0.15) is 63.5 Å². The van der Waals surface area contributed by atoms with Gasteiger partial charge in [0.2, 0.25) is 12.7 Å². The number of aliphatic hydroxyl groups excluding tert-OH is 1. The predicted octanol–water partition coefficient (Wildman–Crippen LogP) is 8.03. The lowest BCUT2D eigenvalue weighted by Crippen LogP contribution is -2.43. The highest BCUT2D eigenvalue weighted by Gasteiger charge is 2.35. The van der Waals surface area contributed by atoms with Crippen molar-refractivity contribution < 1.29 is 42.9 Å². The second kappa shape index (κ2) is 15.6. The average Bonchev–Trinajstić information content (AvgIpc) is 3.79. The van der Waals surface area contributed by atoms with E-state index in [0.717, 1.165) is 34.5 Å². The fraction of sp³-hybridized carbons (Fsp3) is 0.286. The topological polar surface area (TPSA) is 138 Å². The molecule has 1 amide bonds. The SMILES string of the molecule is COC(=O)CC(C(=O)OC(C)(C)C)=C(O)C(=O)N(Cc1ccc2ccccc2c1)[C@H](C)[C@H](C/C=C/c1nc2ccccc2o1)c1ccc2c(c1)OCO2. The fourth-order valence-electron chi connectivity index (χ4n) is 6.26. The third-order valence-electron chi connectivity index (χ3n) is 8.97.